The van der Waals surface area contributed by atoms with Crippen molar-refractivity contribution < 1.29 is 21.2 Å². The Hall–Kier alpha value is -1.84. The Morgan fingerprint density at radius 3 is 2.38 bits per heavy atom. The average Bonchev–Trinajstić information content (AvgIpc) is 2.61. The van der Waals surface area contributed by atoms with Gasteiger partial charge in [0, 0.05) is 18.9 Å². The van der Waals surface area contributed by atoms with Crippen molar-refractivity contribution in [3.8, 4) is 0 Å². The molecule has 1 unspecified atom stereocenters. The summed E-state index contributed by atoms with van der Waals surface area (Å²) in [5.74, 6) is -0.623. The Labute approximate surface area is 153 Å². The van der Waals surface area contributed by atoms with Gasteiger partial charge in [0.15, 0.2) is 9.84 Å². The number of hydrogen-bond donors (Lipinski definition) is 1. The van der Waals surface area contributed by atoms with Crippen molar-refractivity contribution in [3.05, 3.63) is 60.2 Å². The Morgan fingerprint density at radius 2 is 1.81 bits per heavy atom. The molecule has 9 heteroatoms. The Balaban J connectivity index is 2.34. The molecule has 1 heterocycles. The summed E-state index contributed by atoms with van der Waals surface area (Å²) in [5.41, 5.74) is 0.356. The lowest BCUT2D eigenvalue weighted by molar-refractivity contribution is 0.566. The maximum atomic E-state index is 13.1. The van der Waals surface area contributed by atoms with Crippen LogP contribution in [0.25, 0.3) is 0 Å². The molecular weight excluding hydrogens is 379 g/mol. The van der Waals surface area contributed by atoms with Crippen LogP contribution in [0.2, 0.25) is 0 Å². The van der Waals surface area contributed by atoms with Crippen LogP contribution in [-0.4, -0.2) is 34.1 Å². The van der Waals surface area contributed by atoms with Crippen LogP contribution in [0.1, 0.15) is 30.6 Å². The molecule has 1 N–H and O–H groups in total. The summed E-state index contributed by atoms with van der Waals surface area (Å²) in [6, 6.07) is 7.59. The normalized spacial score (nSPS) is 13.5. The van der Waals surface area contributed by atoms with E-state index >= 15 is 0 Å². The second-order valence-electron chi connectivity index (χ2n) is 5.79. The second kappa shape index (κ2) is 8.70. The lowest BCUT2D eigenvalue weighted by Gasteiger charge is -2.19. The van der Waals surface area contributed by atoms with E-state index in [-0.39, 0.29) is 17.2 Å². The van der Waals surface area contributed by atoms with E-state index in [1.165, 1.54) is 24.5 Å². The molecule has 0 amide bonds. The molecule has 0 saturated heterocycles. The number of sulfone groups is 1. The Kier molecular flexibility index (Phi) is 6.85. The topological polar surface area (TPSA) is 93.2 Å². The molecule has 0 aliphatic heterocycles. The van der Waals surface area contributed by atoms with Gasteiger partial charge in [0.1, 0.15) is 11.1 Å². The number of nitrogens with zero attached hydrogens (tertiary/aromatic N) is 1. The first-order chi connectivity index (χ1) is 12.3. The number of halogens is 1. The summed E-state index contributed by atoms with van der Waals surface area (Å²) in [4.78, 5) is 3.84. The van der Waals surface area contributed by atoms with E-state index in [0.29, 0.717) is 18.4 Å². The van der Waals surface area contributed by atoms with E-state index in [0.717, 1.165) is 12.1 Å². The molecule has 2 rings (SSSR count). The maximum Gasteiger partial charge on any atom is 0.211 e. The minimum atomic E-state index is -3.95. The van der Waals surface area contributed by atoms with Gasteiger partial charge in [0.2, 0.25) is 10.0 Å². The molecule has 1 atom stereocenters. The van der Waals surface area contributed by atoms with Crippen LogP contribution in [0.3, 0.4) is 0 Å². The van der Waals surface area contributed by atoms with Crippen LogP contribution in [0.5, 0.6) is 0 Å². The number of aromatic nitrogens is 1. The standard InChI is InChI=1S/C17H21FN2O4S2/c1-2-3-11-25(21,22)20-13-17(14-5-4-10-19-12-14)26(23,24)16-8-6-15(18)7-9-16/h4-10,12,17,20H,2-3,11,13H2,1H3. The molecule has 1 aromatic carbocycles. The number of nitrogens with one attached hydrogen (secondary N) is 1. The summed E-state index contributed by atoms with van der Waals surface area (Å²) in [6.45, 7) is 1.55. The van der Waals surface area contributed by atoms with Crippen molar-refractivity contribution in [1.29, 1.82) is 0 Å². The number of unbranched alkanes of at least 4 members (excludes halogenated alkanes) is 1. The molecule has 0 spiro atoms. The molecule has 0 saturated carbocycles. The number of sulfonamides is 1. The highest BCUT2D eigenvalue weighted by molar-refractivity contribution is 7.92. The van der Waals surface area contributed by atoms with Crippen molar-refractivity contribution in [3.63, 3.8) is 0 Å². The van der Waals surface area contributed by atoms with Gasteiger partial charge >= 0.3 is 0 Å². The molecule has 0 aliphatic carbocycles. The first kappa shape index (κ1) is 20.5. The van der Waals surface area contributed by atoms with Gasteiger partial charge in [0.05, 0.1) is 10.6 Å². The van der Waals surface area contributed by atoms with Crippen molar-refractivity contribution in [1.82, 2.24) is 9.71 Å². The molecule has 142 valence electrons. The summed E-state index contributed by atoms with van der Waals surface area (Å²) in [5, 5.41) is -1.17. The molecular formula is C17H21FN2O4S2. The Bertz CT molecular complexity index is 915. The van der Waals surface area contributed by atoms with E-state index in [1.807, 2.05) is 6.92 Å². The number of pyridine rings is 1. The molecule has 6 nitrogen and oxygen atoms in total. The van der Waals surface area contributed by atoms with Crippen LogP contribution in [0.15, 0.2) is 53.7 Å². The van der Waals surface area contributed by atoms with E-state index < -0.39 is 30.9 Å². The van der Waals surface area contributed by atoms with Crippen LogP contribution in [0.4, 0.5) is 4.39 Å². The third-order valence-corrected chi connectivity index (χ3v) is 7.38. The lowest BCUT2D eigenvalue weighted by Crippen LogP contribution is -2.33. The quantitative estimate of drug-likeness (QED) is 0.653. The summed E-state index contributed by atoms with van der Waals surface area (Å²) >= 11 is 0. The molecule has 1 aromatic heterocycles. The number of benzene rings is 1. The Morgan fingerprint density at radius 1 is 1.12 bits per heavy atom. The molecule has 0 bridgehead atoms. The fourth-order valence-corrected chi connectivity index (χ4v) is 5.35. The van der Waals surface area contributed by atoms with Gasteiger partial charge < -0.3 is 0 Å². The minimum absolute atomic E-state index is 0.0696. The van der Waals surface area contributed by atoms with Gasteiger partial charge in [-0.1, -0.05) is 19.4 Å². The molecule has 0 radical (unpaired) electrons. The molecule has 26 heavy (non-hydrogen) atoms. The van der Waals surface area contributed by atoms with E-state index in [4.69, 9.17) is 0 Å². The zero-order valence-electron chi connectivity index (χ0n) is 14.3. The van der Waals surface area contributed by atoms with Gasteiger partial charge in [0.25, 0.3) is 0 Å². The van der Waals surface area contributed by atoms with Crippen LogP contribution in [-0.2, 0) is 19.9 Å². The number of hydrogen-bond acceptors (Lipinski definition) is 5. The summed E-state index contributed by atoms with van der Waals surface area (Å²) < 4.78 is 65.6. The zero-order valence-corrected chi connectivity index (χ0v) is 15.9. The predicted molar refractivity (Wildman–Crippen MR) is 97.3 cm³/mol. The maximum absolute atomic E-state index is 13.1. The fraction of sp³-hybridized carbons (Fsp3) is 0.353. The van der Waals surface area contributed by atoms with E-state index in [2.05, 4.69) is 9.71 Å². The van der Waals surface area contributed by atoms with Gasteiger partial charge in [-0.25, -0.2) is 25.9 Å². The third kappa shape index (κ3) is 5.33. The van der Waals surface area contributed by atoms with E-state index in [1.54, 1.807) is 12.1 Å². The summed E-state index contributed by atoms with van der Waals surface area (Å²) in [6.07, 6.45) is 4.07. The fourth-order valence-electron chi connectivity index (χ4n) is 2.37. The average molecular weight is 400 g/mol. The van der Waals surface area contributed by atoms with Crippen molar-refractivity contribution >= 4 is 19.9 Å². The van der Waals surface area contributed by atoms with Crippen LogP contribution < -0.4 is 4.72 Å². The highest BCUT2D eigenvalue weighted by atomic mass is 32.2. The third-order valence-electron chi connectivity index (χ3n) is 3.83. The van der Waals surface area contributed by atoms with Gasteiger partial charge in [-0.15, -0.1) is 0 Å². The van der Waals surface area contributed by atoms with Gasteiger partial charge in [-0.2, -0.15) is 0 Å². The van der Waals surface area contributed by atoms with E-state index in [9.17, 15) is 21.2 Å². The van der Waals surface area contributed by atoms with Crippen molar-refractivity contribution in [2.24, 2.45) is 0 Å². The van der Waals surface area contributed by atoms with Gasteiger partial charge in [-0.3, -0.25) is 4.98 Å². The lowest BCUT2D eigenvalue weighted by atomic mass is 10.2. The zero-order chi connectivity index (χ0) is 19.2. The first-order valence-corrected chi connectivity index (χ1v) is 11.3. The molecule has 2 aromatic rings. The predicted octanol–water partition coefficient (Wildman–Crippen LogP) is 2.46. The van der Waals surface area contributed by atoms with Crippen LogP contribution in [0, 0.1) is 5.82 Å². The van der Waals surface area contributed by atoms with Crippen molar-refractivity contribution in [2.45, 2.75) is 29.9 Å². The SMILES string of the molecule is CCCCS(=O)(=O)NCC(c1cccnc1)S(=O)(=O)c1ccc(F)cc1. The highest BCUT2D eigenvalue weighted by Gasteiger charge is 2.30. The van der Waals surface area contributed by atoms with Crippen LogP contribution >= 0.6 is 0 Å². The first-order valence-electron chi connectivity index (χ1n) is 8.13. The van der Waals surface area contributed by atoms with Crippen molar-refractivity contribution in [2.75, 3.05) is 12.3 Å². The largest absolute Gasteiger partial charge is 0.264 e. The second-order valence-corrected chi connectivity index (χ2v) is 9.85. The molecule has 0 aliphatic rings. The molecule has 0 fully saturated rings. The highest BCUT2D eigenvalue weighted by Crippen LogP contribution is 2.28. The number of rotatable bonds is 9. The summed E-state index contributed by atoms with van der Waals surface area (Å²) in [7, 11) is -7.54. The monoisotopic (exact) mass is 400 g/mol. The van der Waals surface area contributed by atoms with Gasteiger partial charge in [-0.05, 0) is 42.3 Å². The smallest absolute Gasteiger partial charge is 0.211 e. The minimum Gasteiger partial charge on any atom is -0.264 e.